The molecule has 1 saturated heterocycles. The van der Waals surface area contributed by atoms with Crippen molar-refractivity contribution in [2.45, 2.75) is 19.2 Å². The summed E-state index contributed by atoms with van der Waals surface area (Å²) in [4.78, 5) is 4.50. The summed E-state index contributed by atoms with van der Waals surface area (Å²) in [6, 6.07) is 16.2. The number of ether oxygens (including phenoxy) is 3. The molecule has 7 nitrogen and oxygen atoms in total. The molecular weight excluding hydrogens is 406 g/mol. The molecule has 1 atom stereocenters. The molecule has 2 aromatic rings. The molecule has 1 aliphatic rings. The van der Waals surface area contributed by atoms with Crippen LogP contribution in [0.25, 0.3) is 0 Å². The highest BCUT2D eigenvalue weighted by Gasteiger charge is 2.13. The predicted octanol–water partition coefficient (Wildman–Crippen LogP) is 1.99. The lowest BCUT2D eigenvalue weighted by Crippen LogP contribution is -2.40. The fourth-order valence-electron chi connectivity index (χ4n) is 3.80. The number of hydrogen-bond donors (Lipinski definition) is 2. The summed E-state index contributed by atoms with van der Waals surface area (Å²) < 4.78 is 16.8. The molecule has 0 saturated carbocycles. The summed E-state index contributed by atoms with van der Waals surface area (Å²) in [5.41, 5.74) is 2.34. The van der Waals surface area contributed by atoms with E-state index in [1.54, 1.807) is 7.11 Å². The normalized spacial score (nSPS) is 15.6. The van der Waals surface area contributed by atoms with Crippen molar-refractivity contribution in [2.24, 2.45) is 0 Å². The highest BCUT2D eigenvalue weighted by Crippen LogP contribution is 2.28. The molecular formula is C25H37N3O4. The Morgan fingerprint density at radius 1 is 1.09 bits per heavy atom. The Hall–Kier alpha value is -2.16. The molecule has 176 valence electrons. The highest BCUT2D eigenvalue weighted by molar-refractivity contribution is 5.43. The largest absolute Gasteiger partial charge is 0.493 e. The van der Waals surface area contributed by atoms with Gasteiger partial charge in [-0.3, -0.25) is 9.80 Å². The third-order valence-corrected chi connectivity index (χ3v) is 5.51. The number of likely N-dealkylation sites (N-methyl/N-ethyl adjacent to an activating group) is 1. The van der Waals surface area contributed by atoms with Crippen LogP contribution in [0.15, 0.2) is 48.5 Å². The van der Waals surface area contributed by atoms with Crippen molar-refractivity contribution in [1.82, 2.24) is 15.1 Å². The zero-order chi connectivity index (χ0) is 22.6. The Morgan fingerprint density at radius 2 is 1.88 bits per heavy atom. The van der Waals surface area contributed by atoms with Crippen molar-refractivity contribution in [3.8, 4) is 11.5 Å². The number of morpholine rings is 1. The third-order valence-electron chi connectivity index (χ3n) is 5.51. The SMILES string of the molecule is COc1ccc(CNCCN2CCOCC2)cc1OC[C@@H](O)CN(C)Cc1ccccc1. The molecule has 0 radical (unpaired) electrons. The lowest BCUT2D eigenvalue weighted by Gasteiger charge is -2.26. The lowest BCUT2D eigenvalue weighted by atomic mass is 10.2. The fourth-order valence-corrected chi connectivity index (χ4v) is 3.80. The van der Waals surface area contributed by atoms with Gasteiger partial charge in [0.15, 0.2) is 11.5 Å². The second-order valence-corrected chi connectivity index (χ2v) is 8.26. The quantitative estimate of drug-likeness (QED) is 0.459. The van der Waals surface area contributed by atoms with Gasteiger partial charge in [0.1, 0.15) is 12.7 Å². The number of hydrogen-bond acceptors (Lipinski definition) is 7. The first-order chi connectivity index (χ1) is 15.6. The fraction of sp³-hybridized carbons (Fsp3) is 0.520. The molecule has 0 aliphatic carbocycles. The molecule has 0 amide bonds. The standard InChI is InChI=1S/C25H37N3O4/c1-27(18-21-6-4-3-5-7-21)19-23(29)20-32-25-16-22(8-9-24(25)30-2)17-26-10-11-28-12-14-31-15-13-28/h3-9,16,23,26,29H,10-15,17-20H2,1-2H3/t23-/m0/s1. The number of nitrogens with one attached hydrogen (secondary N) is 1. The summed E-state index contributed by atoms with van der Waals surface area (Å²) in [6.07, 6.45) is -0.594. The van der Waals surface area contributed by atoms with Gasteiger partial charge < -0.3 is 24.6 Å². The van der Waals surface area contributed by atoms with Gasteiger partial charge in [-0.1, -0.05) is 36.4 Å². The second-order valence-electron chi connectivity index (χ2n) is 8.26. The van der Waals surface area contributed by atoms with Crippen molar-refractivity contribution in [1.29, 1.82) is 0 Å². The van der Waals surface area contributed by atoms with Crippen LogP contribution in [0.4, 0.5) is 0 Å². The average Bonchev–Trinajstić information content (AvgIpc) is 2.82. The molecule has 3 rings (SSSR count). The van der Waals surface area contributed by atoms with Crippen LogP contribution in [0.2, 0.25) is 0 Å². The maximum Gasteiger partial charge on any atom is 0.161 e. The third kappa shape index (κ3) is 8.41. The van der Waals surface area contributed by atoms with Gasteiger partial charge in [0.05, 0.1) is 20.3 Å². The van der Waals surface area contributed by atoms with Crippen molar-refractivity contribution in [2.75, 3.05) is 66.7 Å². The van der Waals surface area contributed by atoms with Crippen LogP contribution in [0.5, 0.6) is 11.5 Å². The average molecular weight is 444 g/mol. The first-order valence-electron chi connectivity index (χ1n) is 11.3. The Morgan fingerprint density at radius 3 is 2.62 bits per heavy atom. The van der Waals surface area contributed by atoms with E-state index in [9.17, 15) is 5.11 Å². The first kappa shape index (κ1) is 24.5. The molecule has 0 unspecified atom stereocenters. The van der Waals surface area contributed by atoms with E-state index < -0.39 is 6.10 Å². The monoisotopic (exact) mass is 443 g/mol. The van der Waals surface area contributed by atoms with Crippen LogP contribution >= 0.6 is 0 Å². The van der Waals surface area contributed by atoms with Gasteiger partial charge >= 0.3 is 0 Å². The molecule has 32 heavy (non-hydrogen) atoms. The minimum Gasteiger partial charge on any atom is -0.493 e. The number of methoxy groups -OCH3 is 1. The van der Waals surface area contributed by atoms with Crippen LogP contribution in [0, 0.1) is 0 Å². The van der Waals surface area contributed by atoms with Crippen LogP contribution in [0.1, 0.15) is 11.1 Å². The van der Waals surface area contributed by atoms with Gasteiger partial charge in [0, 0.05) is 45.8 Å². The van der Waals surface area contributed by atoms with E-state index in [0.717, 1.165) is 58.0 Å². The first-order valence-corrected chi connectivity index (χ1v) is 11.3. The lowest BCUT2D eigenvalue weighted by molar-refractivity contribution is 0.0384. The smallest absolute Gasteiger partial charge is 0.161 e. The molecule has 2 aromatic carbocycles. The van der Waals surface area contributed by atoms with Gasteiger partial charge in [-0.15, -0.1) is 0 Å². The number of nitrogens with zero attached hydrogens (tertiary/aromatic N) is 2. The van der Waals surface area contributed by atoms with Gasteiger partial charge in [-0.25, -0.2) is 0 Å². The van der Waals surface area contributed by atoms with E-state index in [4.69, 9.17) is 14.2 Å². The molecule has 0 spiro atoms. The Bertz CT molecular complexity index is 784. The van der Waals surface area contributed by atoms with E-state index in [0.29, 0.717) is 18.0 Å². The predicted molar refractivity (Wildman–Crippen MR) is 126 cm³/mol. The van der Waals surface area contributed by atoms with E-state index in [1.165, 1.54) is 5.56 Å². The van der Waals surface area contributed by atoms with Crippen LogP contribution in [-0.2, 0) is 17.8 Å². The summed E-state index contributed by atoms with van der Waals surface area (Å²) >= 11 is 0. The van der Waals surface area contributed by atoms with Crippen molar-refractivity contribution in [3.05, 3.63) is 59.7 Å². The van der Waals surface area contributed by atoms with Crippen molar-refractivity contribution >= 4 is 0 Å². The number of benzene rings is 2. The minimum absolute atomic E-state index is 0.212. The Labute approximate surface area is 191 Å². The Balaban J connectivity index is 1.42. The molecule has 1 fully saturated rings. The van der Waals surface area contributed by atoms with E-state index in [-0.39, 0.29) is 6.61 Å². The molecule has 7 heteroatoms. The van der Waals surface area contributed by atoms with Gasteiger partial charge in [0.25, 0.3) is 0 Å². The number of aliphatic hydroxyl groups excluding tert-OH is 1. The maximum absolute atomic E-state index is 10.5. The summed E-state index contributed by atoms with van der Waals surface area (Å²) in [5, 5.41) is 13.9. The van der Waals surface area contributed by atoms with Crippen molar-refractivity contribution in [3.63, 3.8) is 0 Å². The molecule has 0 aromatic heterocycles. The van der Waals surface area contributed by atoms with Gasteiger partial charge in [-0.2, -0.15) is 0 Å². The van der Waals surface area contributed by atoms with Gasteiger partial charge in [0.2, 0.25) is 0 Å². The Kier molecular flexibility index (Phi) is 10.3. The molecule has 1 heterocycles. The van der Waals surface area contributed by atoms with E-state index in [1.807, 2.05) is 43.4 Å². The van der Waals surface area contributed by atoms with Gasteiger partial charge in [-0.05, 0) is 30.3 Å². The maximum atomic E-state index is 10.5. The zero-order valence-corrected chi connectivity index (χ0v) is 19.3. The summed E-state index contributed by atoms with van der Waals surface area (Å²) in [5.74, 6) is 1.33. The number of rotatable bonds is 13. The zero-order valence-electron chi connectivity index (χ0n) is 19.3. The van der Waals surface area contributed by atoms with E-state index >= 15 is 0 Å². The molecule has 0 bridgehead atoms. The van der Waals surface area contributed by atoms with Crippen LogP contribution in [0.3, 0.4) is 0 Å². The second kappa shape index (κ2) is 13.4. The van der Waals surface area contributed by atoms with Crippen molar-refractivity contribution < 1.29 is 19.3 Å². The minimum atomic E-state index is -0.594. The van der Waals surface area contributed by atoms with E-state index in [2.05, 4.69) is 27.2 Å². The highest BCUT2D eigenvalue weighted by atomic mass is 16.5. The van der Waals surface area contributed by atoms with Crippen LogP contribution in [-0.4, -0.2) is 87.7 Å². The summed E-state index contributed by atoms with van der Waals surface area (Å²) in [6.45, 7) is 7.89. The number of aliphatic hydroxyl groups is 1. The molecule has 2 N–H and O–H groups in total. The topological polar surface area (TPSA) is 66.4 Å². The summed E-state index contributed by atoms with van der Waals surface area (Å²) in [7, 11) is 3.63. The molecule has 1 aliphatic heterocycles. The van der Waals surface area contributed by atoms with Crippen LogP contribution < -0.4 is 14.8 Å².